The maximum Gasteiger partial charge on any atom is 0.0903 e. The molecule has 2 rings (SSSR count). The van der Waals surface area contributed by atoms with Crippen LogP contribution in [0.15, 0.2) is 18.2 Å². The van der Waals surface area contributed by atoms with Gasteiger partial charge in [-0.15, -0.1) is 0 Å². The average molecular weight is 199 g/mol. The zero-order chi connectivity index (χ0) is 9.47. The molecule has 0 unspecified atom stereocenters. The van der Waals surface area contributed by atoms with E-state index in [1.165, 1.54) is 0 Å². The lowest BCUT2D eigenvalue weighted by molar-refractivity contribution is 0.147. The second-order valence-corrected chi connectivity index (χ2v) is 3.86. The lowest BCUT2D eigenvalue weighted by atomic mass is 10.0. The van der Waals surface area contributed by atoms with Crippen molar-refractivity contribution >= 4 is 11.6 Å². The monoisotopic (exact) mass is 198 g/mol. The Kier molecular flexibility index (Phi) is 2.06. The third-order valence-corrected chi connectivity index (χ3v) is 2.86. The quantitative estimate of drug-likeness (QED) is 0.761. The Labute approximate surface area is 81.8 Å². The fourth-order valence-electron chi connectivity index (χ4n) is 1.54. The van der Waals surface area contributed by atoms with Gasteiger partial charge in [0, 0.05) is 10.6 Å². The van der Waals surface area contributed by atoms with Gasteiger partial charge in [-0.1, -0.05) is 23.7 Å². The molecule has 13 heavy (non-hydrogen) atoms. The van der Waals surface area contributed by atoms with E-state index in [2.05, 4.69) is 0 Å². The molecule has 70 valence electrons. The molecule has 1 aromatic carbocycles. The minimum absolute atomic E-state index is 0.114. The largest absolute Gasteiger partial charge is 0.392 e. The van der Waals surface area contributed by atoms with Gasteiger partial charge in [-0.2, -0.15) is 0 Å². The highest BCUT2D eigenvalue weighted by Crippen LogP contribution is 2.47. The maximum atomic E-state index is 9.87. The van der Waals surface area contributed by atoms with E-state index in [4.69, 9.17) is 16.7 Å². The standard InChI is InChI=1S/C10H11ClO2/c11-9-3-1-2-8(7(9)6-12)10(13)4-5-10/h1-3,12-13H,4-6H2. The number of aliphatic hydroxyl groups excluding tert-OH is 1. The molecule has 0 radical (unpaired) electrons. The first kappa shape index (κ1) is 9.00. The SMILES string of the molecule is OCc1c(Cl)cccc1C1(O)CC1. The Morgan fingerprint density at radius 3 is 2.62 bits per heavy atom. The maximum absolute atomic E-state index is 9.87. The molecule has 1 aliphatic rings. The van der Waals surface area contributed by atoms with E-state index in [9.17, 15) is 5.11 Å². The van der Waals surface area contributed by atoms with Crippen LogP contribution in [0.25, 0.3) is 0 Å². The zero-order valence-electron chi connectivity index (χ0n) is 7.13. The fourth-order valence-corrected chi connectivity index (χ4v) is 1.78. The first-order valence-corrected chi connectivity index (χ1v) is 4.66. The minimum atomic E-state index is -0.719. The van der Waals surface area contributed by atoms with Gasteiger partial charge in [-0.25, -0.2) is 0 Å². The summed E-state index contributed by atoms with van der Waals surface area (Å²) < 4.78 is 0. The number of rotatable bonds is 2. The Morgan fingerprint density at radius 2 is 2.08 bits per heavy atom. The topological polar surface area (TPSA) is 40.5 Å². The van der Waals surface area contributed by atoms with Crippen molar-refractivity contribution in [1.29, 1.82) is 0 Å². The van der Waals surface area contributed by atoms with Crippen molar-refractivity contribution < 1.29 is 10.2 Å². The van der Waals surface area contributed by atoms with Crippen LogP contribution in [0.4, 0.5) is 0 Å². The van der Waals surface area contributed by atoms with Crippen LogP contribution in [0.5, 0.6) is 0 Å². The van der Waals surface area contributed by atoms with Crippen LogP contribution in [0.1, 0.15) is 24.0 Å². The molecule has 0 saturated heterocycles. The zero-order valence-corrected chi connectivity index (χ0v) is 7.88. The minimum Gasteiger partial charge on any atom is -0.392 e. The van der Waals surface area contributed by atoms with Crippen LogP contribution in [0.3, 0.4) is 0 Å². The van der Waals surface area contributed by atoms with Crippen molar-refractivity contribution in [2.75, 3.05) is 0 Å². The van der Waals surface area contributed by atoms with E-state index < -0.39 is 5.60 Å². The Balaban J connectivity index is 2.50. The van der Waals surface area contributed by atoms with Gasteiger partial charge in [0.15, 0.2) is 0 Å². The summed E-state index contributed by atoms with van der Waals surface area (Å²) in [6.45, 7) is -0.114. The van der Waals surface area contributed by atoms with Crippen LogP contribution < -0.4 is 0 Å². The van der Waals surface area contributed by atoms with Crippen molar-refractivity contribution in [3.05, 3.63) is 34.3 Å². The summed E-state index contributed by atoms with van der Waals surface area (Å²) in [4.78, 5) is 0. The molecule has 2 nitrogen and oxygen atoms in total. The molecular formula is C10H11ClO2. The summed E-state index contributed by atoms with van der Waals surface area (Å²) in [5.41, 5.74) is 0.717. The van der Waals surface area contributed by atoms with Crippen molar-refractivity contribution in [3.63, 3.8) is 0 Å². The molecule has 0 aromatic heterocycles. The molecule has 1 aromatic rings. The molecule has 0 spiro atoms. The van der Waals surface area contributed by atoms with E-state index in [0.29, 0.717) is 10.6 Å². The van der Waals surface area contributed by atoms with Gasteiger partial charge in [0.2, 0.25) is 0 Å². The highest BCUT2D eigenvalue weighted by atomic mass is 35.5. The highest BCUT2D eigenvalue weighted by Gasteiger charge is 2.43. The van der Waals surface area contributed by atoms with Gasteiger partial charge >= 0.3 is 0 Å². The highest BCUT2D eigenvalue weighted by molar-refractivity contribution is 6.31. The summed E-state index contributed by atoms with van der Waals surface area (Å²) in [7, 11) is 0. The molecule has 0 bridgehead atoms. The predicted octanol–water partition coefficient (Wildman–Crippen LogP) is 1.81. The summed E-state index contributed by atoms with van der Waals surface area (Å²) >= 11 is 5.89. The van der Waals surface area contributed by atoms with E-state index in [1.807, 2.05) is 6.07 Å². The summed E-state index contributed by atoms with van der Waals surface area (Å²) in [5.74, 6) is 0. The van der Waals surface area contributed by atoms with Crippen LogP contribution in [-0.2, 0) is 12.2 Å². The van der Waals surface area contributed by atoms with Gasteiger partial charge in [-0.05, 0) is 24.5 Å². The Bertz CT molecular complexity index is 332. The number of aliphatic hydroxyl groups is 2. The van der Waals surface area contributed by atoms with E-state index in [-0.39, 0.29) is 6.61 Å². The molecule has 0 atom stereocenters. The van der Waals surface area contributed by atoms with Gasteiger partial charge in [-0.3, -0.25) is 0 Å². The first-order chi connectivity index (χ1) is 6.17. The smallest absolute Gasteiger partial charge is 0.0903 e. The van der Waals surface area contributed by atoms with Crippen LogP contribution in [0, 0.1) is 0 Å². The molecule has 2 N–H and O–H groups in total. The average Bonchev–Trinajstić information content (AvgIpc) is 2.85. The third kappa shape index (κ3) is 1.46. The lowest BCUT2D eigenvalue weighted by Crippen LogP contribution is -2.08. The van der Waals surface area contributed by atoms with Gasteiger partial charge < -0.3 is 10.2 Å². The molecular weight excluding hydrogens is 188 g/mol. The molecule has 1 saturated carbocycles. The molecule has 0 heterocycles. The summed E-state index contributed by atoms with van der Waals surface area (Å²) in [6.07, 6.45) is 1.53. The predicted molar refractivity (Wildman–Crippen MR) is 50.5 cm³/mol. The fraction of sp³-hybridized carbons (Fsp3) is 0.400. The molecule has 1 aliphatic carbocycles. The number of hydrogen-bond donors (Lipinski definition) is 2. The van der Waals surface area contributed by atoms with Crippen molar-refractivity contribution in [1.82, 2.24) is 0 Å². The summed E-state index contributed by atoms with van der Waals surface area (Å²) in [5, 5.41) is 19.5. The molecule has 3 heteroatoms. The summed E-state index contributed by atoms with van der Waals surface area (Å²) in [6, 6.07) is 5.35. The Hall–Kier alpha value is -0.570. The number of hydrogen-bond acceptors (Lipinski definition) is 2. The van der Waals surface area contributed by atoms with E-state index in [0.717, 1.165) is 18.4 Å². The van der Waals surface area contributed by atoms with Gasteiger partial charge in [0.05, 0.1) is 12.2 Å². The van der Waals surface area contributed by atoms with Crippen molar-refractivity contribution in [3.8, 4) is 0 Å². The van der Waals surface area contributed by atoms with Crippen LogP contribution >= 0.6 is 11.6 Å². The third-order valence-electron chi connectivity index (χ3n) is 2.50. The molecule has 0 aliphatic heterocycles. The Morgan fingerprint density at radius 1 is 1.38 bits per heavy atom. The molecule has 1 fully saturated rings. The van der Waals surface area contributed by atoms with Crippen molar-refractivity contribution in [2.24, 2.45) is 0 Å². The van der Waals surface area contributed by atoms with E-state index >= 15 is 0 Å². The molecule has 0 amide bonds. The van der Waals surface area contributed by atoms with Gasteiger partial charge in [0.25, 0.3) is 0 Å². The second-order valence-electron chi connectivity index (χ2n) is 3.46. The first-order valence-electron chi connectivity index (χ1n) is 4.28. The van der Waals surface area contributed by atoms with Crippen LogP contribution in [-0.4, -0.2) is 10.2 Å². The number of halogens is 1. The van der Waals surface area contributed by atoms with Crippen LogP contribution in [0.2, 0.25) is 5.02 Å². The second kappa shape index (κ2) is 2.98. The van der Waals surface area contributed by atoms with Crippen molar-refractivity contribution in [2.45, 2.75) is 25.0 Å². The number of benzene rings is 1. The van der Waals surface area contributed by atoms with Gasteiger partial charge in [0.1, 0.15) is 0 Å². The van der Waals surface area contributed by atoms with E-state index in [1.54, 1.807) is 12.1 Å². The normalized spacial score (nSPS) is 18.7. The lowest BCUT2D eigenvalue weighted by Gasteiger charge is -2.13.